The number of nitrogens with zero attached hydrogens (tertiary/aromatic N) is 3. The van der Waals surface area contributed by atoms with Gasteiger partial charge in [-0.2, -0.15) is 0 Å². The maximum atomic E-state index is 12.5. The average Bonchev–Trinajstić information content (AvgIpc) is 2.65. The van der Waals surface area contributed by atoms with Crippen molar-refractivity contribution in [1.82, 2.24) is 20.2 Å². The molecule has 0 unspecified atom stereocenters. The van der Waals surface area contributed by atoms with E-state index < -0.39 is 29.0 Å². The van der Waals surface area contributed by atoms with Crippen LogP contribution in [-0.2, 0) is 11.3 Å². The van der Waals surface area contributed by atoms with Crippen molar-refractivity contribution in [2.45, 2.75) is 45.2 Å². The molecule has 2 N–H and O–H groups in total. The highest BCUT2D eigenvalue weighted by molar-refractivity contribution is 5.94. The van der Waals surface area contributed by atoms with Crippen LogP contribution in [0.2, 0.25) is 0 Å². The van der Waals surface area contributed by atoms with Gasteiger partial charge in [0.05, 0.1) is 22.2 Å². The number of carbonyl (C=O) groups is 2. The molecule has 0 bridgehead atoms. The average molecular weight is 387 g/mol. The molecule has 2 aromatic rings. The van der Waals surface area contributed by atoms with Crippen molar-refractivity contribution in [3.8, 4) is 0 Å². The van der Waals surface area contributed by atoms with Gasteiger partial charge in [-0.05, 0) is 24.8 Å². The Bertz CT molecular complexity index is 986. The first-order valence-electron chi connectivity index (χ1n) is 9.09. The Morgan fingerprint density at radius 1 is 1.32 bits per heavy atom. The zero-order chi connectivity index (χ0) is 20.3. The van der Waals surface area contributed by atoms with E-state index >= 15 is 0 Å². The highest BCUT2D eigenvalue weighted by atomic mass is 16.6. The summed E-state index contributed by atoms with van der Waals surface area (Å²) < 4.78 is 1.01. The largest absolute Gasteiger partial charge is 0.335 e. The van der Waals surface area contributed by atoms with Crippen molar-refractivity contribution in [1.29, 1.82) is 0 Å². The van der Waals surface area contributed by atoms with Gasteiger partial charge in [0.1, 0.15) is 6.54 Å². The molecule has 0 spiro atoms. The number of amides is 3. The molecule has 0 radical (unpaired) electrons. The molecule has 0 aliphatic heterocycles. The zero-order valence-corrected chi connectivity index (χ0v) is 15.4. The first-order valence-corrected chi connectivity index (χ1v) is 9.09. The summed E-state index contributed by atoms with van der Waals surface area (Å²) >= 11 is 0. The summed E-state index contributed by atoms with van der Waals surface area (Å²) in [5, 5.41) is 15.9. The van der Waals surface area contributed by atoms with Crippen LogP contribution in [0.5, 0.6) is 0 Å². The first kappa shape index (κ1) is 19.5. The lowest BCUT2D eigenvalue weighted by Gasteiger charge is -2.29. The molecule has 10 heteroatoms. The highest BCUT2D eigenvalue weighted by Gasteiger charge is 2.23. The summed E-state index contributed by atoms with van der Waals surface area (Å²) in [6.07, 6.45) is 5.25. The lowest BCUT2D eigenvalue weighted by molar-refractivity contribution is -0.384. The molecule has 1 aliphatic carbocycles. The smallest absolute Gasteiger partial charge is 0.321 e. The predicted octanol–water partition coefficient (Wildman–Crippen LogP) is 1.71. The molecule has 10 nitrogen and oxygen atoms in total. The number of hydrogen-bond donors (Lipinski definition) is 2. The second kappa shape index (κ2) is 8.15. The Morgan fingerprint density at radius 2 is 2.07 bits per heavy atom. The van der Waals surface area contributed by atoms with Crippen LogP contribution in [0, 0.1) is 16.0 Å². The summed E-state index contributed by atoms with van der Waals surface area (Å²) in [6, 6.07) is 3.17. The van der Waals surface area contributed by atoms with Crippen LogP contribution in [0.4, 0.5) is 10.5 Å². The fourth-order valence-corrected chi connectivity index (χ4v) is 3.43. The van der Waals surface area contributed by atoms with Crippen LogP contribution in [0.1, 0.15) is 32.6 Å². The summed E-state index contributed by atoms with van der Waals surface area (Å²) in [6.45, 7) is 1.64. The number of fused-ring (bicyclic) bond motifs is 1. The van der Waals surface area contributed by atoms with E-state index in [1.54, 1.807) is 0 Å². The van der Waals surface area contributed by atoms with Crippen molar-refractivity contribution in [3.05, 3.63) is 45.0 Å². The van der Waals surface area contributed by atoms with E-state index in [4.69, 9.17) is 0 Å². The van der Waals surface area contributed by atoms with Crippen molar-refractivity contribution < 1.29 is 14.5 Å². The molecule has 1 heterocycles. The van der Waals surface area contributed by atoms with Crippen LogP contribution < -0.4 is 16.2 Å². The SMILES string of the molecule is C[C@@H]1CCCC[C@H]1NC(=O)NC(=O)Cn1cnc2ccc([N+](=O)[O-])cc2c1=O. The number of nitro benzene ring substituents is 1. The fraction of sp³-hybridized carbons (Fsp3) is 0.444. The van der Waals surface area contributed by atoms with Gasteiger partial charge >= 0.3 is 6.03 Å². The lowest BCUT2D eigenvalue weighted by Crippen LogP contribution is -2.48. The molecular formula is C18H21N5O5. The summed E-state index contributed by atoms with van der Waals surface area (Å²) in [5.41, 5.74) is -0.545. The van der Waals surface area contributed by atoms with Crippen LogP contribution in [-0.4, -0.2) is 32.5 Å². The summed E-state index contributed by atoms with van der Waals surface area (Å²) in [4.78, 5) is 51.0. The summed E-state index contributed by atoms with van der Waals surface area (Å²) in [7, 11) is 0. The third kappa shape index (κ3) is 4.33. The van der Waals surface area contributed by atoms with Gasteiger partial charge in [0.15, 0.2) is 0 Å². The molecule has 3 amide bonds. The molecule has 3 rings (SSSR count). The van der Waals surface area contributed by atoms with Gasteiger partial charge in [-0.25, -0.2) is 9.78 Å². The molecule has 1 aromatic carbocycles. The fourth-order valence-electron chi connectivity index (χ4n) is 3.43. The van der Waals surface area contributed by atoms with E-state index in [-0.39, 0.29) is 22.6 Å². The number of aromatic nitrogens is 2. The number of urea groups is 1. The second-order valence-corrected chi connectivity index (χ2v) is 7.03. The number of rotatable bonds is 4. The maximum absolute atomic E-state index is 12.5. The maximum Gasteiger partial charge on any atom is 0.321 e. The third-order valence-electron chi connectivity index (χ3n) is 5.01. The van der Waals surface area contributed by atoms with Gasteiger partial charge in [-0.3, -0.25) is 29.6 Å². The monoisotopic (exact) mass is 387 g/mol. The number of hydrogen-bond acceptors (Lipinski definition) is 6. The lowest BCUT2D eigenvalue weighted by atomic mass is 9.86. The van der Waals surface area contributed by atoms with E-state index in [0.29, 0.717) is 5.92 Å². The zero-order valence-electron chi connectivity index (χ0n) is 15.4. The molecule has 1 saturated carbocycles. The Hall–Kier alpha value is -3.30. The molecule has 1 aliphatic rings. The van der Waals surface area contributed by atoms with Gasteiger partial charge in [0, 0.05) is 18.2 Å². The van der Waals surface area contributed by atoms with Crippen LogP contribution >= 0.6 is 0 Å². The molecule has 1 fully saturated rings. The topological polar surface area (TPSA) is 136 Å². The molecule has 0 saturated heterocycles. The number of non-ortho nitro benzene ring substituents is 1. The Morgan fingerprint density at radius 3 is 2.79 bits per heavy atom. The first-order chi connectivity index (χ1) is 13.3. The molecule has 1 aromatic heterocycles. The number of imide groups is 1. The van der Waals surface area contributed by atoms with Crippen molar-refractivity contribution in [2.24, 2.45) is 5.92 Å². The van der Waals surface area contributed by atoms with Gasteiger partial charge in [0.25, 0.3) is 11.2 Å². The number of nitro groups is 1. The van der Waals surface area contributed by atoms with E-state index in [2.05, 4.69) is 22.5 Å². The van der Waals surface area contributed by atoms with Crippen molar-refractivity contribution >= 4 is 28.5 Å². The minimum atomic E-state index is -0.672. The van der Waals surface area contributed by atoms with Crippen LogP contribution in [0.3, 0.4) is 0 Å². The van der Waals surface area contributed by atoms with Crippen molar-refractivity contribution in [3.63, 3.8) is 0 Å². The number of carbonyl (C=O) groups excluding carboxylic acids is 2. The van der Waals surface area contributed by atoms with Crippen LogP contribution in [0.25, 0.3) is 10.9 Å². The number of benzene rings is 1. The standard InChI is InChI=1S/C18H21N5O5/c1-11-4-2-3-5-14(11)20-18(26)21-16(24)9-22-10-19-15-7-6-12(23(27)28)8-13(15)17(22)25/h6-8,10-11,14H,2-5,9H2,1H3,(H2,20,21,24,26)/t11-,14-/m1/s1. The minimum absolute atomic E-state index is 0.0205. The molecule has 2 atom stereocenters. The third-order valence-corrected chi connectivity index (χ3v) is 5.01. The van der Waals surface area contributed by atoms with E-state index in [1.807, 2.05) is 0 Å². The highest BCUT2D eigenvalue weighted by Crippen LogP contribution is 2.23. The Balaban J connectivity index is 1.68. The van der Waals surface area contributed by atoms with Gasteiger partial charge in [-0.1, -0.05) is 19.8 Å². The van der Waals surface area contributed by atoms with Gasteiger partial charge < -0.3 is 5.32 Å². The summed E-state index contributed by atoms with van der Waals surface area (Å²) in [5.74, 6) is -0.327. The Kier molecular flexibility index (Phi) is 5.67. The van der Waals surface area contributed by atoms with Gasteiger partial charge in [-0.15, -0.1) is 0 Å². The van der Waals surface area contributed by atoms with E-state index in [9.17, 15) is 24.5 Å². The normalized spacial score (nSPS) is 19.2. The van der Waals surface area contributed by atoms with E-state index in [1.165, 1.54) is 18.5 Å². The molecular weight excluding hydrogens is 366 g/mol. The molecule has 148 valence electrons. The predicted molar refractivity (Wildman–Crippen MR) is 101 cm³/mol. The van der Waals surface area contributed by atoms with E-state index in [0.717, 1.165) is 36.3 Å². The van der Waals surface area contributed by atoms with Crippen LogP contribution in [0.15, 0.2) is 29.3 Å². The minimum Gasteiger partial charge on any atom is -0.335 e. The quantitative estimate of drug-likeness (QED) is 0.605. The van der Waals surface area contributed by atoms with Crippen molar-refractivity contribution in [2.75, 3.05) is 0 Å². The van der Waals surface area contributed by atoms with Gasteiger partial charge in [0.2, 0.25) is 5.91 Å². The number of nitrogens with one attached hydrogen (secondary N) is 2. The second-order valence-electron chi connectivity index (χ2n) is 7.03. The Labute approximate surface area is 160 Å². The molecule has 28 heavy (non-hydrogen) atoms.